The van der Waals surface area contributed by atoms with Crippen LogP contribution in [0.2, 0.25) is 0 Å². The van der Waals surface area contributed by atoms with Crippen molar-refractivity contribution in [1.29, 1.82) is 0 Å². The fourth-order valence-electron chi connectivity index (χ4n) is 1.98. The normalized spacial score (nSPS) is 19.7. The van der Waals surface area contributed by atoms with Crippen LogP contribution in [0, 0.1) is 0 Å². The van der Waals surface area contributed by atoms with Crippen molar-refractivity contribution in [3.63, 3.8) is 0 Å². The zero-order valence-electron chi connectivity index (χ0n) is 9.66. The van der Waals surface area contributed by atoms with Crippen molar-refractivity contribution in [1.82, 2.24) is 5.32 Å². The standard InChI is InChI=1S/C12H17BrN2S/c1-9-8-16-11-5-3-4-10(13)12(11)15(9)7-6-14-2/h3-5,9,14H,6-8H2,1-2H3. The summed E-state index contributed by atoms with van der Waals surface area (Å²) in [4.78, 5) is 3.88. The number of thioether (sulfide) groups is 1. The van der Waals surface area contributed by atoms with E-state index in [0.29, 0.717) is 6.04 Å². The molecule has 1 aliphatic heterocycles. The van der Waals surface area contributed by atoms with E-state index in [4.69, 9.17) is 0 Å². The molecular weight excluding hydrogens is 284 g/mol. The molecule has 1 atom stereocenters. The zero-order chi connectivity index (χ0) is 11.5. The monoisotopic (exact) mass is 300 g/mol. The Kier molecular flexibility index (Phi) is 4.16. The smallest absolute Gasteiger partial charge is 0.0651 e. The van der Waals surface area contributed by atoms with Gasteiger partial charge in [-0.15, -0.1) is 11.8 Å². The molecule has 0 saturated carbocycles. The van der Waals surface area contributed by atoms with E-state index in [9.17, 15) is 0 Å². The second-order valence-corrected chi connectivity index (χ2v) is 5.96. The maximum Gasteiger partial charge on any atom is 0.0651 e. The summed E-state index contributed by atoms with van der Waals surface area (Å²) in [5.74, 6) is 1.17. The molecule has 16 heavy (non-hydrogen) atoms. The van der Waals surface area contributed by atoms with Crippen LogP contribution in [0.15, 0.2) is 27.6 Å². The minimum Gasteiger partial charge on any atom is -0.365 e. The van der Waals surface area contributed by atoms with Crippen LogP contribution in [-0.2, 0) is 0 Å². The van der Waals surface area contributed by atoms with Gasteiger partial charge in [-0.3, -0.25) is 0 Å². The molecule has 0 saturated heterocycles. The number of nitrogens with one attached hydrogen (secondary N) is 1. The number of para-hydroxylation sites is 1. The zero-order valence-corrected chi connectivity index (χ0v) is 12.1. The first kappa shape index (κ1) is 12.3. The molecule has 0 radical (unpaired) electrons. The van der Waals surface area contributed by atoms with Crippen LogP contribution in [-0.4, -0.2) is 31.9 Å². The molecule has 1 aromatic rings. The lowest BCUT2D eigenvalue weighted by Gasteiger charge is -2.37. The van der Waals surface area contributed by atoms with Crippen molar-refractivity contribution in [2.45, 2.75) is 17.9 Å². The van der Waals surface area contributed by atoms with E-state index in [2.05, 4.69) is 51.3 Å². The predicted octanol–water partition coefficient (Wildman–Crippen LogP) is 2.97. The lowest BCUT2D eigenvalue weighted by molar-refractivity contribution is 0.647. The van der Waals surface area contributed by atoms with Gasteiger partial charge in [0.15, 0.2) is 0 Å². The van der Waals surface area contributed by atoms with Crippen LogP contribution < -0.4 is 10.2 Å². The Morgan fingerprint density at radius 2 is 2.38 bits per heavy atom. The van der Waals surface area contributed by atoms with Gasteiger partial charge in [0.05, 0.1) is 5.69 Å². The van der Waals surface area contributed by atoms with Gasteiger partial charge in [0.25, 0.3) is 0 Å². The second kappa shape index (κ2) is 5.43. The van der Waals surface area contributed by atoms with Crippen molar-refractivity contribution in [2.24, 2.45) is 0 Å². The Morgan fingerprint density at radius 1 is 1.56 bits per heavy atom. The van der Waals surface area contributed by atoms with Crippen LogP contribution in [0.4, 0.5) is 5.69 Å². The minimum atomic E-state index is 0.601. The maximum absolute atomic E-state index is 3.67. The van der Waals surface area contributed by atoms with E-state index >= 15 is 0 Å². The number of anilines is 1. The van der Waals surface area contributed by atoms with Gasteiger partial charge >= 0.3 is 0 Å². The molecule has 0 bridgehead atoms. The van der Waals surface area contributed by atoms with E-state index in [0.717, 1.165) is 13.1 Å². The highest BCUT2D eigenvalue weighted by atomic mass is 79.9. The molecule has 0 spiro atoms. The van der Waals surface area contributed by atoms with Crippen LogP contribution >= 0.6 is 27.7 Å². The number of rotatable bonds is 3. The highest BCUT2D eigenvalue weighted by molar-refractivity contribution is 9.10. The summed E-state index contributed by atoms with van der Waals surface area (Å²) in [5, 5.41) is 3.22. The van der Waals surface area contributed by atoms with Crippen LogP contribution in [0.25, 0.3) is 0 Å². The molecule has 0 amide bonds. The number of hydrogen-bond donors (Lipinski definition) is 1. The Labute approximate surface area is 110 Å². The molecule has 1 N–H and O–H groups in total. The van der Waals surface area contributed by atoms with Crippen molar-refractivity contribution >= 4 is 33.4 Å². The number of likely N-dealkylation sites (N-methyl/N-ethyl adjacent to an activating group) is 1. The Morgan fingerprint density at radius 3 is 3.12 bits per heavy atom. The van der Waals surface area contributed by atoms with Gasteiger partial charge in [0.1, 0.15) is 0 Å². The molecular formula is C12H17BrN2S. The third-order valence-corrected chi connectivity index (χ3v) is 4.78. The van der Waals surface area contributed by atoms with Gasteiger partial charge < -0.3 is 10.2 Å². The molecule has 1 aliphatic rings. The summed E-state index contributed by atoms with van der Waals surface area (Å²) in [6, 6.07) is 7.05. The minimum absolute atomic E-state index is 0.601. The van der Waals surface area contributed by atoms with Gasteiger partial charge in [-0.1, -0.05) is 6.07 Å². The average molecular weight is 301 g/mol. The molecule has 88 valence electrons. The average Bonchev–Trinajstić information content (AvgIpc) is 2.28. The largest absolute Gasteiger partial charge is 0.365 e. The fourth-order valence-corrected chi connectivity index (χ4v) is 3.84. The van der Waals surface area contributed by atoms with Crippen molar-refractivity contribution < 1.29 is 0 Å². The first-order valence-corrected chi connectivity index (χ1v) is 7.34. The number of nitrogens with zero attached hydrogens (tertiary/aromatic N) is 1. The van der Waals surface area contributed by atoms with Gasteiger partial charge in [-0.05, 0) is 42.0 Å². The molecule has 0 fully saturated rings. The van der Waals surface area contributed by atoms with E-state index < -0.39 is 0 Å². The number of hydrogen-bond acceptors (Lipinski definition) is 3. The number of benzene rings is 1. The van der Waals surface area contributed by atoms with Crippen LogP contribution in [0.5, 0.6) is 0 Å². The van der Waals surface area contributed by atoms with Crippen molar-refractivity contribution in [2.75, 3.05) is 30.8 Å². The third-order valence-electron chi connectivity index (χ3n) is 2.85. The molecule has 2 rings (SSSR count). The van der Waals surface area contributed by atoms with E-state index in [1.807, 2.05) is 18.8 Å². The molecule has 1 aromatic carbocycles. The third kappa shape index (κ3) is 2.39. The Balaban J connectivity index is 2.31. The topological polar surface area (TPSA) is 15.3 Å². The fraction of sp³-hybridized carbons (Fsp3) is 0.500. The van der Waals surface area contributed by atoms with Gasteiger partial charge in [0.2, 0.25) is 0 Å². The number of fused-ring (bicyclic) bond motifs is 1. The highest BCUT2D eigenvalue weighted by Gasteiger charge is 2.24. The van der Waals surface area contributed by atoms with Gasteiger partial charge in [-0.2, -0.15) is 0 Å². The van der Waals surface area contributed by atoms with Gasteiger partial charge in [0, 0.05) is 34.3 Å². The molecule has 2 nitrogen and oxygen atoms in total. The first-order valence-electron chi connectivity index (χ1n) is 5.56. The van der Waals surface area contributed by atoms with Gasteiger partial charge in [-0.25, -0.2) is 0 Å². The molecule has 0 aliphatic carbocycles. The van der Waals surface area contributed by atoms with Crippen molar-refractivity contribution in [3.05, 3.63) is 22.7 Å². The molecule has 4 heteroatoms. The summed E-state index contributed by atoms with van der Waals surface area (Å²) in [6.45, 7) is 4.38. The van der Waals surface area contributed by atoms with Crippen LogP contribution in [0.1, 0.15) is 6.92 Å². The lowest BCUT2D eigenvalue weighted by atomic mass is 10.2. The summed E-state index contributed by atoms with van der Waals surface area (Å²) in [6.07, 6.45) is 0. The summed E-state index contributed by atoms with van der Waals surface area (Å²) in [7, 11) is 2.00. The Bertz CT molecular complexity index is 370. The van der Waals surface area contributed by atoms with E-state index in [1.54, 1.807) is 0 Å². The second-order valence-electron chi connectivity index (χ2n) is 4.04. The Hall–Kier alpha value is -0.190. The maximum atomic E-state index is 3.67. The molecule has 0 aromatic heterocycles. The SMILES string of the molecule is CNCCN1c2c(Br)cccc2SCC1C. The molecule has 1 heterocycles. The first-order chi connectivity index (χ1) is 7.74. The predicted molar refractivity (Wildman–Crippen MR) is 75.6 cm³/mol. The van der Waals surface area contributed by atoms with E-state index in [1.165, 1.54) is 20.8 Å². The lowest BCUT2D eigenvalue weighted by Crippen LogP contribution is -2.41. The number of halogens is 1. The van der Waals surface area contributed by atoms with Crippen LogP contribution in [0.3, 0.4) is 0 Å². The molecule has 1 unspecified atom stereocenters. The van der Waals surface area contributed by atoms with Crippen molar-refractivity contribution in [3.8, 4) is 0 Å². The summed E-state index contributed by atoms with van der Waals surface area (Å²) in [5.41, 5.74) is 1.36. The summed E-state index contributed by atoms with van der Waals surface area (Å²) < 4.78 is 1.21. The summed E-state index contributed by atoms with van der Waals surface area (Å²) >= 11 is 5.62. The van der Waals surface area contributed by atoms with E-state index in [-0.39, 0.29) is 0 Å². The quantitative estimate of drug-likeness (QED) is 0.924. The highest BCUT2D eigenvalue weighted by Crippen LogP contribution is 2.41.